The van der Waals surface area contributed by atoms with E-state index in [2.05, 4.69) is 0 Å². The lowest BCUT2D eigenvalue weighted by atomic mass is 10.1. The van der Waals surface area contributed by atoms with E-state index in [1.165, 1.54) is 0 Å². The van der Waals surface area contributed by atoms with E-state index in [1.807, 2.05) is 6.92 Å². The molecule has 2 N–H and O–H groups in total. The molecule has 1 aliphatic rings. The van der Waals surface area contributed by atoms with Crippen molar-refractivity contribution >= 4 is 11.8 Å². The molecule has 1 aliphatic heterocycles. The van der Waals surface area contributed by atoms with E-state index in [0.29, 0.717) is 19.5 Å². The summed E-state index contributed by atoms with van der Waals surface area (Å²) in [6.07, 6.45) is 2.39. The number of nitrogens with two attached hydrogens (primary N) is 1. The zero-order chi connectivity index (χ0) is 12.1. The van der Waals surface area contributed by atoms with Crippen molar-refractivity contribution < 1.29 is 9.59 Å². The van der Waals surface area contributed by atoms with Crippen LogP contribution in [0.3, 0.4) is 0 Å². The van der Waals surface area contributed by atoms with E-state index in [4.69, 9.17) is 5.73 Å². The zero-order valence-corrected chi connectivity index (χ0v) is 10.1. The molecule has 92 valence electrons. The first-order chi connectivity index (χ1) is 7.56. The summed E-state index contributed by atoms with van der Waals surface area (Å²) in [6, 6.07) is -0.457. The Morgan fingerprint density at radius 1 is 1.50 bits per heavy atom. The van der Waals surface area contributed by atoms with Gasteiger partial charge in [0.05, 0.1) is 12.6 Å². The molecular formula is C11H21N3O2. The molecule has 1 heterocycles. The van der Waals surface area contributed by atoms with Crippen molar-refractivity contribution in [2.45, 2.75) is 32.2 Å². The standard InChI is InChI=1S/C11H21N3O2/c1-3-5-9(12)11(16)14-7-4-6-13(2)10(15)8-14/h9H,3-8,12H2,1-2H3/t9-/m0/s1. The Morgan fingerprint density at radius 3 is 2.81 bits per heavy atom. The highest BCUT2D eigenvalue weighted by molar-refractivity contribution is 5.87. The summed E-state index contributed by atoms with van der Waals surface area (Å²) in [6.45, 7) is 3.51. The minimum absolute atomic E-state index is 0.00505. The van der Waals surface area contributed by atoms with Crippen molar-refractivity contribution in [1.82, 2.24) is 9.80 Å². The van der Waals surface area contributed by atoms with E-state index in [-0.39, 0.29) is 18.4 Å². The minimum atomic E-state index is -0.457. The quantitative estimate of drug-likeness (QED) is 0.726. The number of nitrogens with zero attached hydrogens (tertiary/aromatic N) is 2. The SMILES string of the molecule is CCC[C@H](N)C(=O)N1CCCN(C)C(=O)C1. The fourth-order valence-corrected chi connectivity index (χ4v) is 1.84. The van der Waals surface area contributed by atoms with Gasteiger partial charge in [-0.3, -0.25) is 9.59 Å². The lowest BCUT2D eigenvalue weighted by molar-refractivity contribution is -0.139. The Hall–Kier alpha value is -1.10. The normalized spacial score (nSPS) is 19.6. The van der Waals surface area contributed by atoms with Crippen molar-refractivity contribution in [3.05, 3.63) is 0 Å². The molecule has 0 saturated carbocycles. The maximum Gasteiger partial charge on any atom is 0.241 e. The predicted molar refractivity (Wildman–Crippen MR) is 61.7 cm³/mol. The molecule has 0 aromatic rings. The number of carbonyl (C=O) groups is 2. The zero-order valence-electron chi connectivity index (χ0n) is 10.1. The number of likely N-dealkylation sites (N-methyl/N-ethyl adjacent to an activating group) is 1. The van der Waals surface area contributed by atoms with Gasteiger partial charge in [0, 0.05) is 20.1 Å². The van der Waals surface area contributed by atoms with Crippen LogP contribution in [0.5, 0.6) is 0 Å². The summed E-state index contributed by atoms with van der Waals surface area (Å²) >= 11 is 0. The largest absolute Gasteiger partial charge is 0.344 e. The highest BCUT2D eigenvalue weighted by Crippen LogP contribution is 2.06. The molecule has 2 amide bonds. The Balaban J connectivity index is 2.58. The fraction of sp³-hybridized carbons (Fsp3) is 0.818. The number of rotatable bonds is 3. The molecule has 1 rings (SSSR count). The summed E-state index contributed by atoms with van der Waals surface area (Å²) in [5.41, 5.74) is 5.77. The molecule has 0 radical (unpaired) electrons. The predicted octanol–water partition coefficient (Wildman–Crippen LogP) is -0.195. The molecule has 1 atom stereocenters. The van der Waals surface area contributed by atoms with Gasteiger partial charge in [-0.25, -0.2) is 0 Å². The van der Waals surface area contributed by atoms with Crippen molar-refractivity contribution in [3.63, 3.8) is 0 Å². The van der Waals surface area contributed by atoms with Gasteiger partial charge in [0.15, 0.2) is 0 Å². The number of hydrogen-bond acceptors (Lipinski definition) is 3. The summed E-state index contributed by atoms with van der Waals surface area (Å²) < 4.78 is 0. The van der Waals surface area contributed by atoms with E-state index in [1.54, 1.807) is 16.8 Å². The van der Waals surface area contributed by atoms with Gasteiger partial charge >= 0.3 is 0 Å². The number of hydrogen-bond donors (Lipinski definition) is 1. The van der Waals surface area contributed by atoms with Crippen LogP contribution in [0.4, 0.5) is 0 Å². The van der Waals surface area contributed by atoms with Crippen LogP contribution in [-0.2, 0) is 9.59 Å². The van der Waals surface area contributed by atoms with Crippen LogP contribution in [0, 0.1) is 0 Å². The maximum atomic E-state index is 11.9. The van der Waals surface area contributed by atoms with Gasteiger partial charge in [0.2, 0.25) is 11.8 Å². The van der Waals surface area contributed by atoms with E-state index in [0.717, 1.165) is 12.8 Å². The van der Waals surface area contributed by atoms with Gasteiger partial charge in [-0.05, 0) is 12.8 Å². The Morgan fingerprint density at radius 2 is 2.19 bits per heavy atom. The van der Waals surface area contributed by atoms with Gasteiger partial charge in [0.1, 0.15) is 0 Å². The van der Waals surface area contributed by atoms with Gasteiger partial charge in [-0.15, -0.1) is 0 Å². The monoisotopic (exact) mass is 227 g/mol. The van der Waals surface area contributed by atoms with Crippen LogP contribution in [0.25, 0.3) is 0 Å². The van der Waals surface area contributed by atoms with Crippen molar-refractivity contribution in [2.75, 3.05) is 26.7 Å². The topological polar surface area (TPSA) is 66.6 Å². The second-order valence-corrected chi connectivity index (χ2v) is 4.32. The molecule has 1 fully saturated rings. The van der Waals surface area contributed by atoms with Crippen LogP contribution in [-0.4, -0.2) is 54.3 Å². The van der Waals surface area contributed by atoms with Crippen molar-refractivity contribution in [1.29, 1.82) is 0 Å². The van der Waals surface area contributed by atoms with Crippen LogP contribution >= 0.6 is 0 Å². The third kappa shape index (κ3) is 3.20. The van der Waals surface area contributed by atoms with E-state index < -0.39 is 6.04 Å². The molecule has 16 heavy (non-hydrogen) atoms. The summed E-state index contributed by atoms with van der Waals surface area (Å²) in [7, 11) is 1.77. The first-order valence-electron chi connectivity index (χ1n) is 5.84. The summed E-state index contributed by atoms with van der Waals surface area (Å²) in [5.74, 6) is -0.0972. The van der Waals surface area contributed by atoms with Crippen LogP contribution in [0.2, 0.25) is 0 Å². The number of carbonyl (C=O) groups excluding carboxylic acids is 2. The molecule has 5 nitrogen and oxygen atoms in total. The maximum absolute atomic E-state index is 11.9. The molecular weight excluding hydrogens is 206 g/mol. The second-order valence-electron chi connectivity index (χ2n) is 4.32. The molecule has 0 aromatic carbocycles. The average Bonchev–Trinajstić information content (AvgIpc) is 2.41. The first kappa shape index (κ1) is 13.0. The lowest BCUT2D eigenvalue weighted by Gasteiger charge is -2.23. The Kier molecular flexibility index (Phi) is 4.73. The molecule has 5 heteroatoms. The molecule has 0 spiro atoms. The molecule has 0 bridgehead atoms. The van der Waals surface area contributed by atoms with Crippen LogP contribution in [0.15, 0.2) is 0 Å². The molecule has 0 aromatic heterocycles. The third-order valence-corrected chi connectivity index (χ3v) is 2.90. The fourth-order valence-electron chi connectivity index (χ4n) is 1.84. The Bertz CT molecular complexity index is 268. The second kappa shape index (κ2) is 5.84. The first-order valence-corrected chi connectivity index (χ1v) is 5.84. The van der Waals surface area contributed by atoms with Gasteiger partial charge in [-0.2, -0.15) is 0 Å². The molecule has 0 unspecified atom stereocenters. The van der Waals surface area contributed by atoms with Crippen LogP contribution in [0.1, 0.15) is 26.2 Å². The highest BCUT2D eigenvalue weighted by atomic mass is 16.2. The summed E-state index contributed by atoms with van der Waals surface area (Å²) in [5, 5.41) is 0. The van der Waals surface area contributed by atoms with E-state index >= 15 is 0 Å². The van der Waals surface area contributed by atoms with Gasteiger partial charge < -0.3 is 15.5 Å². The van der Waals surface area contributed by atoms with Gasteiger partial charge in [-0.1, -0.05) is 13.3 Å². The van der Waals surface area contributed by atoms with Gasteiger partial charge in [0.25, 0.3) is 0 Å². The smallest absolute Gasteiger partial charge is 0.241 e. The Labute approximate surface area is 96.6 Å². The number of amides is 2. The van der Waals surface area contributed by atoms with Crippen molar-refractivity contribution in [3.8, 4) is 0 Å². The molecule has 1 saturated heterocycles. The summed E-state index contributed by atoms with van der Waals surface area (Å²) in [4.78, 5) is 26.8. The molecule has 0 aliphatic carbocycles. The van der Waals surface area contributed by atoms with Crippen molar-refractivity contribution in [2.24, 2.45) is 5.73 Å². The van der Waals surface area contributed by atoms with Crippen LogP contribution < -0.4 is 5.73 Å². The lowest BCUT2D eigenvalue weighted by Crippen LogP contribution is -2.46. The minimum Gasteiger partial charge on any atom is -0.344 e. The average molecular weight is 227 g/mol. The third-order valence-electron chi connectivity index (χ3n) is 2.90. The van der Waals surface area contributed by atoms with E-state index in [9.17, 15) is 9.59 Å². The highest BCUT2D eigenvalue weighted by Gasteiger charge is 2.25.